The van der Waals surface area contributed by atoms with Crippen molar-refractivity contribution < 1.29 is 42.9 Å². The minimum absolute atomic E-state index is 0.0521. The van der Waals surface area contributed by atoms with Crippen LogP contribution in [-0.2, 0) is 29.3 Å². The van der Waals surface area contributed by atoms with E-state index in [9.17, 15) is 19.3 Å². The van der Waals surface area contributed by atoms with Crippen LogP contribution in [0.15, 0.2) is 30.5 Å². The third kappa shape index (κ3) is 5.64. The second-order valence-corrected chi connectivity index (χ2v) is 14.1. The molecule has 17 heteroatoms. The van der Waals surface area contributed by atoms with Crippen molar-refractivity contribution in [2.45, 2.75) is 43.4 Å². The lowest BCUT2D eigenvalue weighted by molar-refractivity contribution is -0.0544. The molecule has 1 aliphatic carbocycles. The molecular weight excluding hydrogens is 576 g/mol. The largest absolute Gasteiger partial charge is 0.387 e. The number of aliphatic hydroxyl groups is 2. The Hall–Kier alpha value is -1.96. The fraction of sp³-hybridized carbons (Fsp3) is 0.500. The molecule has 6 atom stereocenters. The monoisotopic (exact) mass is 603 g/mol. The first-order valence-electron chi connectivity index (χ1n) is 12.0. The number of fused-ring (bicyclic) bond motifs is 2. The average Bonchev–Trinajstić information content (AvgIpc) is 3.57. The van der Waals surface area contributed by atoms with Crippen molar-refractivity contribution in [1.82, 2.24) is 19.7 Å². The number of aliphatic hydroxyl groups excluding tert-OH is 2. The summed E-state index contributed by atoms with van der Waals surface area (Å²) >= 11 is 6.30. The number of benzene rings is 1. The maximum atomic E-state index is 12.6. The van der Waals surface area contributed by atoms with Gasteiger partial charge in [0, 0.05) is 14.2 Å². The fourth-order valence-electron chi connectivity index (χ4n) is 5.06. The minimum atomic E-state index is -4.73. The lowest BCUT2D eigenvalue weighted by Gasteiger charge is -2.27. The van der Waals surface area contributed by atoms with Gasteiger partial charge in [0.05, 0.1) is 24.2 Å². The van der Waals surface area contributed by atoms with Crippen molar-refractivity contribution in [2.75, 3.05) is 31.6 Å². The molecule has 2 unspecified atom stereocenters. The van der Waals surface area contributed by atoms with Gasteiger partial charge in [0.1, 0.15) is 24.1 Å². The van der Waals surface area contributed by atoms with Crippen LogP contribution in [0.2, 0.25) is 5.28 Å². The van der Waals surface area contributed by atoms with Crippen LogP contribution >= 0.6 is 26.8 Å². The standard InChI is InChI=1S/C22H28ClN5O9P2/c1-27(15-8-7-12-5-3-4-6-13(12)15)19-14-9-24-28(20(14)26-22(23)25-19)21-18(30)17(29)16(37-21)10-36-39(34,35-2)11-38(31,32)33/h3-6,9,15-18,21,29-30H,7-8,10-11H2,1-2H3,(H2,31,32,33)/t15?,16-,17-,18-,21-,39?/m1/s1. The molecule has 5 rings (SSSR count). The zero-order valence-electron chi connectivity index (χ0n) is 20.9. The Balaban J connectivity index is 1.40. The van der Waals surface area contributed by atoms with Gasteiger partial charge in [0.2, 0.25) is 5.28 Å². The number of halogens is 1. The van der Waals surface area contributed by atoms with Gasteiger partial charge >= 0.3 is 15.2 Å². The molecule has 0 amide bonds. The van der Waals surface area contributed by atoms with E-state index >= 15 is 0 Å². The number of anilines is 1. The number of hydrogen-bond donors (Lipinski definition) is 4. The second kappa shape index (κ2) is 10.8. The van der Waals surface area contributed by atoms with Crippen molar-refractivity contribution >= 4 is 43.6 Å². The summed E-state index contributed by atoms with van der Waals surface area (Å²) in [5.74, 6) is -0.615. The van der Waals surface area contributed by atoms with Crippen molar-refractivity contribution in [3.05, 3.63) is 46.9 Å². The normalized spacial score (nSPS) is 26.6. The fourth-order valence-corrected chi connectivity index (χ4v) is 8.29. The van der Waals surface area contributed by atoms with E-state index in [0.717, 1.165) is 20.0 Å². The lowest BCUT2D eigenvalue weighted by Crippen LogP contribution is -2.34. The molecule has 14 nitrogen and oxygen atoms in total. The highest BCUT2D eigenvalue weighted by atomic mass is 35.5. The molecule has 1 aliphatic heterocycles. The summed E-state index contributed by atoms with van der Waals surface area (Å²) in [5, 5.41) is 26.2. The molecule has 2 aliphatic rings. The van der Waals surface area contributed by atoms with Crippen LogP contribution in [0.25, 0.3) is 11.0 Å². The summed E-state index contributed by atoms with van der Waals surface area (Å²) < 4.78 is 40.7. The lowest BCUT2D eigenvalue weighted by atomic mass is 10.1. The van der Waals surface area contributed by atoms with E-state index in [4.69, 9.17) is 35.2 Å². The molecular formula is C22H28ClN5O9P2. The van der Waals surface area contributed by atoms with E-state index in [0.29, 0.717) is 11.2 Å². The number of aryl methyl sites for hydroxylation is 1. The van der Waals surface area contributed by atoms with E-state index in [1.165, 1.54) is 22.0 Å². The van der Waals surface area contributed by atoms with Crippen molar-refractivity contribution in [2.24, 2.45) is 0 Å². The smallest absolute Gasteiger partial charge is 0.342 e. The highest BCUT2D eigenvalue weighted by molar-refractivity contribution is 7.70. The Morgan fingerprint density at radius 3 is 2.67 bits per heavy atom. The Morgan fingerprint density at radius 2 is 1.95 bits per heavy atom. The molecule has 0 radical (unpaired) electrons. The quantitative estimate of drug-likeness (QED) is 0.206. The van der Waals surface area contributed by atoms with Crippen molar-refractivity contribution in [3.8, 4) is 0 Å². The van der Waals surface area contributed by atoms with Crippen LogP contribution in [-0.4, -0.2) is 84.7 Å². The SMILES string of the molecule is COP(=O)(CP(=O)(O)O)OC[C@H]1O[C@@H](n2ncc3c(N(C)C4CCc5ccccc54)nc(Cl)nc32)[C@H](O)[C@@H]1O. The Bertz CT molecular complexity index is 1470. The Kier molecular flexibility index (Phi) is 7.90. The van der Waals surface area contributed by atoms with Crippen molar-refractivity contribution in [1.29, 1.82) is 0 Å². The molecule has 1 fully saturated rings. The molecule has 0 saturated carbocycles. The van der Waals surface area contributed by atoms with Crippen LogP contribution in [0.3, 0.4) is 0 Å². The van der Waals surface area contributed by atoms with Crippen LogP contribution in [0, 0.1) is 0 Å². The first-order valence-corrected chi connectivity index (χ1v) is 15.9. The van der Waals surface area contributed by atoms with Gasteiger partial charge in [-0.25, -0.2) is 4.68 Å². The summed E-state index contributed by atoms with van der Waals surface area (Å²) in [5.41, 5.74) is 2.72. The summed E-state index contributed by atoms with van der Waals surface area (Å²) in [6.45, 7) is -0.580. The summed E-state index contributed by atoms with van der Waals surface area (Å²) in [4.78, 5) is 29.1. The molecule has 3 aromatic rings. The van der Waals surface area contributed by atoms with Gasteiger partial charge in [0.25, 0.3) is 0 Å². The molecule has 0 bridgehead atoms. The highest BCUT2D eigenvalue weighted by Gasteiger charge is 2.46. The third-order valence-corrected chi connectivity index (χ3v) is 11.1. The van der Waals surface area contributed by atoms with E-state index in [-0.39, 0.29) is 17.0 Å². The number of rotatable bonds is 9. The van der Waals surface area contributed by atoms with Gasteiger partial charge in [0.15, 0.2) is 17.8 Å². The molecule has 0 spiro atoms. The van der Waals surface area contributed by atoms with Crippen molar-refractivity contribution in [3.63, 3.8) is 0 Å². The second-order valence-electron chi connectivity index (χ2n) is 9.45. The summed E-state index contributed by atoms with van der Waals surface area (Å²) in [6, 6.07) is 8.25. The first-order chi connectivity index (χ1) is 18.4. The number of nitrogens with zero attached hydrogens (tertiary/aromatic N) is 5. The Labute approximate surface area is 228 Å². The maximum Gasteiger partial charge on any atom is 0.342 e. The average molecular weight is 604 g/mol. The summed E-state index contributed by atoms with van der Waals surface area (Å²) in [7, 11) is -6.03. The van der Waals surface area contributed by atoms with Gasteiger partial charge in [-0.3, -0.25) is 9.13 Å². The van der Waals surface area contributed by atoms with E-state index in [1.807, 2.05) is 24.1 Å². The van der Waals surface area contributed by atoms with Gasteiger partial charge in [-0.15, -0.1) is 0 Å². The molecule has 4 N–H and O–H groups in total. The van der Waals surface area contributed by atoms with Gasteiger partial charge in [-0.1, -0.05) is 24.3 Å². The number of hydrogen-bond acceptors (Lipinski definition) is 11. The first kappa shape index (κ1) is 28.6. The van der Waals surface area contributed by atoms with E-state index in [1.54, 1.807) is 0 Å². The van der Waals surface area contributed by atoms with Gasteiger partial charge in [-0.05, 0) is 35.6 Å². The zero-order valence-corrected chi connectivity index (χ0v) is 23.5. The number of ether oxygens (including phenoxy) is 1. The minimum Gasteiger partial charge on any atom is -0.387 e. The Morgan fingerprint density at radius 1 is 1.21 bits per heavy atom. The maximum absolute atomic E-state index is 12.6. The zero-order chi connectivity index (χ0) is 28.1. The van der Waals surface area contributed by atoms with Crippen LogP contribution in [0.1, 0.15) is 29.8 Å². The van der Waals surface area contributed by atoms with Gasteiger partial charge in [-0.2, -0.15) is 15.1 Å². The summed E-state index contributed by atoms with van der Waals surface area (Å²) in [6.07, 6.45) is -2.13. The van der Waals surface area contributed by atoms with Crippen LogP contribution < -0.4 is 4.90 Å². The van der Waals surface area contributed by atoms with Gasteiger partial charge < -0.3 is 38.7 Å². The van der Waals surface area contributed by atoms with E-state index in [2.05, 4.69) is 27.2 Å². The molecule has 212 valence electrons. The number of aromatic nitrogens is 4. The predicted octanol–water partition coefficient (Wildman–Crippen LogP) is 2.21. The van der Waals surface area contributed by atoms with Crippen LogP contribution in [0.5, 0.6) is 0 Å². The molecule has 1 aromatic carbocycles. The van der Waals surface area contributed by atoms with Crippen LogP contribution in [0.4, 0.5) is 5.82 Å². The molecule has 2 aromatic heterocycles. The molecule has 39 heavy (non-hydrogen) atoms. The molecule has 1 saturated heterocycles. The predicted molar refractivity (Wildman–Crippen MR) is 140 cm³/mol. The molecule has 3 heterocycles. The highest BCUT2D eigenvalue weighted by Crippen LogP contribution is 2.58. The van der Waals surface area contributed by atoms with E-state index < -0.39 is 52.2 Å². The topological polar surface area (TPSA) is 190 Å². The third-order valence-electron chi connectivity index (χ3n) is 6.96.